The van der Waals surface area contributed by atoms with Gasteiger partial charge in [-0.2, -0.15) is 0 Å². The van der Waals surface area contributed by atoms with Crippen LogP contribution in [0.2, 0.25) is 0 Å². The molecule has 3 unspecified atom stereocenters. The maximum Gasteiger partial charge on any atom is 0.425 e. The van der Waals surface area contributed by atoms with E-state index in [0.29, 0.717) is 12.5 Å². The van der Waals surface area contributed by atoms with E-state index in [2.05, 4.69) is 124 Å². The zero-order chi connectivity index (χ0) is 43.8. The molecule has 60 heavy (non-hydrogen) atoms. The highest BCUT2D eigenvalue weighted by Gasteiger charge is 2.42. The second-order valence-corrected chi connectivity index (χ2v) is 16.1. The number of hydrazine groups is 1. The summed E-state index contributed by atoms with van der Waals surface area (Å²) in [5, 5.41) is 4.34. The summed E-state index contributed by atoms with van der Waals surface area (Å²) in [7, 11) is 2.66. The first-order chi connectivity index (χ1) is 28.9. The van der Waals surface area contributed by atoms with Gasteiger partial charge in [0.15, 0.2) is 0 Å². The fourth-order valence-corrected chi connectivity index (χ4v) is 8.21. The van der Waals surface area contributed by atoms with Gasteiger partial charge in [-0.15, -0.1) is 0 Å². The molecule has 2 aliphatic carbocycles. The number of aromatic nitrogens is 4. The third-order valence-electron chi connectivity index (χ3n) is 11.0. The van der Waals surface area contributed by atoms with E-state index in [1.807, 2.05) is 25.1 Å². The maximum atomic E-state index is 12.7. The predicted molar refractivity (Wildman–Crippen MR) is 238 cm³/mol. The maximum absolute atomic E-state index is 12.7. The number of aromatic amines is 2. The highest BCUT2D eigenvalue weighted by Crippen LogP contribution is 2.51. The number of benzene rings is 2. The molecular formula is C47H68N8O5. The Morgan fingerprint density at radius 1 is 0.900 bits per heavy atom. The Morgan fingerprint density at radius 3 is 2.13 bits per heavy atom. The summed E-state index contributed by atoms with van der Waals surface area (Å²) in [4.78, 5) is 52.6. The van der Waals surface area contributed by atoms with Crippen LogP contribution in [0.25, 0.3) is 33.9 Å². The minimum absolute atomic E-state index is 0.0900. The predicted octanol–water partition coefficient (Wildman–Crippen LogP) is 10.2. The van der Waals surface area contributed by atoms with Crippen molar-refractivity contribution in [3.8, 4) is 33.9 Å². The van der Waals surface area contributed by atoms with Crippen molar-refractivity contribution in [3.05, 3.63) is 84.6 Å². The van der Waals surface area contributed by atoms with Gasteiger partial charge in [-0.05, 0) is 81.4 Å². The standard InChI is InChI=1S/C27H28N6O3.C14H24N2O2.2C3H8/c1-17-14-20(18-5-7-19(8-6-18)25-28-11-12-29-25)9-10-21(17)26-30-15-22(32-26)23-4-3-13-33(23)24(34)16-31-27(35)36-2;1-9(2)16(15-14(17)18-4)10(3)13-8-11-5-6-12(13)7-11;2*1-3-2/h5-12,14-15,23H,3-4,13,16H2,1-2H3,(H,28,29)(H,30,32)(H,31,35);9,11-13H,3,5-8H2,1-2,4H3,(H,15,17);2*3H2,1-2H3/t;11?,12?,13-;;/m.1../s1. The highest BCUT2D eigenvalue weighted by molar-refractivity contribution is 5.83. The molecule has 1 aliphatic heterocycles. The SMILES string of the molecule is C=C([C@H]1CC2CCC1C2)N(NC(=O)OC)C(C)C.CCC.CCC.COC(=O)NCC(=O)N1CCCC1c1cnc(-c2ccc(-c3ccc(-c4ncc[nH]4)cc3)cc2C)[nH]1. The van der Waals surface area contributed by atoms with E-state index in [1.54, 1.807) is 17.3 Å². The summed E-state index contributed by atoms with van der Waals surface area (Å²) in [6, 6.07) is 14.7. The zero-order valence-corrected chi connectivity index (χ0v) is 37.3. The first kappa shape index (κ1) is 47.1. The van der Waals surface area contributed by atoms with Crippen molar-refractivity contribution in [2.45, 2.75) is 112 Å². The van der Waals surface area contributed by atoms with Crippen LogP contribution in [0.1, 0.15) is 110 Å². The fourth-order valence-electron chi connectivity index (χ4n) is 8.21. The highest BCUT2D eigenvalue weighted by atomic mass is 16.5. The molecule has 4 aromatic rings. The van der Waals surface area contributed by atoms with E-state index in [9.17, 15) is 14.4 Å². The summed E-state index contributed by atoms with van der Waals surface area (Å²) in [6.45, 7) is 19.4. The lowest BCUT2D eigenvalue weighted by Crippen LogP contribution is -2.47. The third-order valence-corrected chi connectivity index (χ3v) is 11.0. The van der Waals surface area contributed by atoms with Gasteiger partial charge in [0.25, 0.3) is 0 Å². The molecule has 3 aliphatic rings. The van der Waals surface area contributed by atoms with Crippen molar-refractivity contribution in [1.29, 1.82) is 0 Å². The molecule has 4 N–H and O–H groups in total. The lowest BCUT2D eigenvalue weighted by Gasteiger charge is -2.36. The van der Waals surface area contributed by atoms with Crippen LogP contribution >= 0.6 is 0 Å². The number of hydrogen-bond acceptors (Lipinski definition) is 8. The number of rotatable bonds is 10. The number of H-pyrrole nitrogens is 2. The number of ether oxygens (including phenoxy) is 2. The molecule has 0 spiro atoms. The van der Waals surface area contributed by atoms with Crippen LogP contribution < -0.4 is 10.7 Å². The van der Waals surface area contributed by atoms with Gasteiger partial charge in [0.2, 0.25) is 5.91 Å². The average Bonchev–Trinajstić information content (AvgIpc) is 4.11. The van der Waals surface area contributed by atoms with Crippen molar-refractivity contribution in [1.82, 2.24) is 40.6 Å². The fraction of sp³-hybridized carbons (Fsp3) is 0.511. The lowest BCUT2D eigenvalue weighted by molar-refractivity contribution is -0.131. The number of alkyl carbamates (subject to hydrolysis) is 1. The largest absolute Gasteiger partial charge is 0.453 e. The molecule has 3 amide bonds. The third kappa shape index (κ3) is 12.5. The number of hydrogen-bond donors (Lipinski definition) is 4. The summed E-state index contributed by atoms with van der Waals surface area (Å²) < 4.78 is 9.23. The number of nitrogens with one attached hydrogen (secondary N) is 4. The van der Waals surface area contributed by atoms with Crippen molar-refractivity contribution in [2.75, 3.05) is 27.3 Å². The van der Waals surface area contributed by atoms with Crippen LogP contribution in [0.15, 0.2) is 73.3 Å². The number of carbonyl (C=O) groups excluding carboxylic acids is 3. The van der Waals surface area contributed by atoms with Crippen LogP contribution in [0.5, 0.6) is 0 Å². The Labute approximate surface area is 357 Å². The molecule has 326 valence electrons. The number of allylic oxidation sites excluding steroid dienone is 1. The molecule has 13 nitrogen and oxygen atoms in total. The summed E-state index contributed by atoms with van der Waals surface area (Å²) in [5.41, 5.74) is 10.1. The molecule has 13 heteroatoms. The molecule has 1 saturated heterocycles. The van der Waals surface area contributed by atoms with E-state index in [1.165, 1.54) is 52.7 Å². The smallest absolute Gasteiger partial charge is 0.425 e. The van der Waals surface area contributed by atoms with Gasteiger partial charge in [-0.25, -0.2) is 25.0 Å². The Balaban J connectivity index is 0.000000276. The first-order valence-electron chi connectivity index (χ1n) is 21.6. The molecule has 4 atom stereocenters. The van der Waals surface area contributed by atoms with Gasteiger partial charge < -0.3 is 29.7 Å². The summed E-state index contributed by atoms with van der Waals surface area (Å²) in [5.74, 6) is 3.66. The first-order valence-corrected chi connectivity index (χ1v) is 21.6. The van der Waals surface area contributed by atoms with Gasteiger partial charge in [0.1, 0.15) is 18.2 Å². The molecular weight excluding hydrogens is 757 g/mol. The molecule has 7 rings (SSSR count). The summed E-state index contributed by atoms with van der Waals surface area (Å²) >= 11 is 0. The zero-order valence-electron chi connectivity index (χ0n) is 37.3. The van der Waals surface area contributed by atoms with E-state index in [4.69, 9.17) is 0 Å². The van der Waals surface area contributed by atoms with Gasteiger partial charge in [-0.3, -0.25) is 9.80 Å². The Bertz CT molecular complexity index is 1960. The minimum atomic E-state index is -0.615. The molecule has 3 heterocycles. The van der Waals surface area contributed by atoms with Gasteiger partial charge in [0, 0.05) is 47.7 Å². The summed E-state index contributed by atoms with van der Waals surface area (Å²) in [6.07, 6.45) is 13.8. The van der Waals surface area contributed by atoms with Crippen molar-refractivity contribution in [2.24, 2.45) is 17.8 Å². The number of amides is 3. The molecule has 3 fully saturated rings. The van der Waals surface area contributed by atoms with E-state index in [0.717, 1.165) is 75.5 Å². The number of methoxy groups -OCH3 is 2. The Kier molecular flexibility index (Phi) is 18.3. The van der Waals surface area contributed by atoms with E-state index in [-0.39, 0.29) is 24.5 Å². The van der Waals surface area contributed by atoms with E-state index >= 15 is 0 Å². The number of imidazole rings is 2. The second-order valence-electron chi connectivity index (χ2n) is 16.1. The number of aryl methyl sites for hydroxylation is 1. The number of likely N-dealkylation sites (tertiary alicyclic amines) is 1. The van der Waals surface area contributed by atoms with Crippen LogP contribution in [-0.4, -0.2) is 81.3 Å². The normalized spacial score (nSPS) is 18.5. The van der Waals surface area contributed by atoms with Gasteiger partial charge in [-0.1, -0.05) is 96.0 Å². The lowest BCUT2D eigenvalue weighted by atomic mass is 9.86. The molecule has 2 aromatic carbocycles. The number of carbonyl (C=O) groups is 3. The van der Waals surface area contributed by atoms with Gasteiger partial charge in [0.05, 0.1) is 32.2 Å². The van der Waals surface area contributed by atoms with Crippen LogP contribution in [0.4, 0.5) is 9.59 Å². The van der Waals surface area contributed by atoms with Gasteiger partial charge >= 0.3 is 12.2 Å². The van der Waals surface area contributed by atoms with Crippen molar-refractivity contribution in [3.63, 3.8) is 0 Å². The van der Waals surface area contributed by atoms with E-state index < -0.39 is 12.2 Å². The average molecular weight is 825 g/mol. The Hall–Kier alpha value is -5.59. The quantitative estimate of drug-likeness (QED) is 0.115. The minimum Gasteiger partial charge on any atom is -0.453 e. The number of fused-ring (bicyclic) bond motifs is 2. The van der Waals surface area contributed by atoms with Crippen molar-refractivity contribution < 1.29 is 23.9 Å². The van der Waals surface area contributed by atoms with Crippen LogP contribution in [-0.2, 0) is 14.3 Å². The monoisotopic (exact) mass is 825 g/mol. The van der Waals surface area contributed by atoms with Crippen molar-refractivity contribution >= 4 is 18.1 Å². The second kappa shape index (κ2) is 23.3. The molecule has 2 saturated carbocycles. The molecule has 0 radical (unpaired) electrons. The van der Waals surface area contributed by atoms with Crippen LogP contribution in [0, 0.1) is 24.7 Å². The molecule has 2 bridgehead atoms. The topological polar surface area (TPSA) is 158 Å². The Morgan fingerprint density at radius 2 is 1.57 bits per heavy atom. The molecule has 2 aromatic heterocycles. The number of nitrogens with zero attached hydrogens (tertiary/aromatic N) is 4. The van der Waals surface area contributed by atoms with Crippen LogP contribution in [0.3, 0.4) is 0 Å².